The molecule has 2 atom stereocenters. The van der Waals surface area contributed by atoms with Gasteiger partial charge in [-0.1, -0.05) is 18.0 Å². The topological polar surface area (TPSA) is 84.2 Å². The highest BCUT2D eigenvalue weighted by atomic mass is 35.5. The first-order chi connectivity index (χ1) is 11.5. The Morgan fingerprint density at radius 1 is 1.21 bits per heavy atom. The van der Waals surface area contributed by atoms with Crippen LogP contribution >= 0.6 is 11.6 Å². The van der Waals surface area contributed by atoms with E-state index in [0.29, 0.717) is 28.1 Å². The van der Waals surface area contributed by atoms with Crippen molar-refractivity contribution in [1.82, 2.24) is 5.32 Å². The molecule has 2 amide bonds. The van der Waals surface area contributed by atoms with Crippen molar-refractivity contribution >= 4 is 29.1 Å². The van der Waals surface area contributed by atoms with Gasteiger partial charge in [0.1, 0.15) is 0 Å². The fraction of sp³-hybridized carbons (Fsp3) is 0.556. The van der Waals surface area contributed by atoms with Crippen LogP contribution in [0.1, 0.15) is 42.5 Å². The molecule has 4 N–H and O–H groups in total. The van der Waals surface area contributed by atoms with Crippen LogP contribution in [0, 0.1) is 17.8 Å². The first-order valence-electron chi connectivity index (χ1n) is 8.57. The lowest BCUT2D eigenvalue weighted by molar-refractivity contribution is -0.122. The Hall–Kier alpha value is -1.59. The third kappa shape index (κ3) is 3.42. The number of carbonyl (C=O) groups is 2. The van der Waals surface area contributed by atoms with E-state index in [2.05, 4.69) is 10.6 Å². The van der Waals surface area contributed by atoms with Crippen LogP contribution in [0.3, 0.4) is 0 Å². The van der Waals surface area contributed by atoms with Gasteiger partial charge in [-0.3, -0.25) is 9.59 Å². The highest BCUT2D eigenvalue weighted by Crippen LogP contribution is 2.42. The molecule has 2 unspecified atom stereocenters. The first-order valence-corrected chi connectivity index (χ1v) is 8.95. The number of halogens is 1. The fourth-order valence-electron chi connectivity index (χ4n) is 4.19. The predicted octanol–water partition coefficient (Wildman–Crippen LogP) is 2.79. The van der Waals surface area contributed by atoms with Gasteiger partial charge in [0.2, 0.25) is 5.91 Å². The van der Waals surface area contributed by atoms with E-state index in [9.17, 15) is 9.59 Å². The SMILES string of the molecule is CNC(=O)c1cc(Cl)ccc1NC(=O)C1CC2CCCC(C1)C2N. The van der Waals surface area contributed by atoms with E-state index in [1.165, 1.54) is 6.42 Å². The molecule has 0 aromatic heterocycles. The Morgan fingerprint density at radius 2 is 1.88 bits per heavy atom. The van der Waals surface area contributed by atoms with Crippen LogP contribution in [0.5, 0.6) is 0 Å². The second-order valence-electron chi connectivity index (χ2n) is 6.96. The van der Waals surface area contributed by atoms with E-state index >= 15 is 0 Å². The van der Waals surface area contributed by atoms with Crippen LogP contribution in [0.15, 0.2) is 18.2 Å². The minimum absolute atomic E-state index is 0.0220. The van der Waals surface area contributed by atoms with Crippen LogP contribution in [-0.4, -0.2) is 24.9 Å². The van der Waals surface area contributed by atoms with Crippen LogP contribution in [0.25, 0.3) is 0 Å². The highest BCUT2D eigenvalue weighted by molar-refractivity contribution is 6.31. The second-order valence-corrected chi connectivity index (χ2v) is 7.39. The summed E-state index contributed by atoms with van der Waals surface area (Å²) in [5, 5.41) is 5.96. The van der Waals surface area contributed by atoms with Gasteiger partial charge in [0, 0.05) is 24.0 Å². The number of nitrogens with two attached hydrogens (primary N) is 1. The zero-order valence-electron chi connectivity index (χ0n) is 13.8. The molecule has 6 heteroatoms. The Bertz CT molecular complexity index is 635. The largest absolute Gasteiger partial charge is 0.355 e. The average Bonchev–Trinajstić information content (AvgIpc) is 2.55. The zero-order valence-corrected chi connectivity index (χ0v) is 14.6. The molecule has 0 radical (unpaired) electrons. The maximum absolute atomic E-state index is 12.7. The molecule has 3 rings (SSSR count). The van der Waals surface area contributed by atoms with Gasteiger partial charge in [-0.15, -0.1) is 0 Å². The summed E-state index contributed by atoms with van der Waals surface area (Å²) in [6.07, 6.45) is 5.13. The lowest BCUT2D eigenvalue weighted by Crippen LogP contribution is -2.48. The molecule has 2 aliphatic carbocycles. The summed E-state index contributed by atoms with van der Waals surface area (Å²) in [7, 11) is 1.55. The van der Waals surface area contributed by atoms with Gasteiger partial charge < -0.3 is 16.4 Å². The van der Waals surface area contributed by atoms with Crippen molar-refractivity contribution in [2.45, 2.75) is 38.1 Å². The molecule has 24 heavy (non-hydrogen) atoms. The summed E-state index contributed by atoms with van der Waals surface area (Å²) >= 11 is 5.98. The molecular formula is C18H24ClN3O2. The average molecular weight is 350 g/mol. The monoisotopic (exact) mass is 349 g/mol. The summed E-state index contributed by atoms with van der Waals surface area (Å²) < 4.78 is 0. The molecule has 2 aliphatic rings. The Balaban J connectivity index is 1.75. The molecule has 5 nitrogen and oxygen atoms in total. The van der Waals surface area contributed by atoms with E-state index in [1.54, 1.807) is 25.2 Å². The molecule has 1 aromatic carbocycles. The Labute approximate surface area is 147 Å². The number of anilines is 1. The van der Waals surface area contributed by atoms with Gasteiger partial charge in [-0.2, -0.15) is 0 Å². The molecule has 0 heterocycles. The molecule has 2 bridgehead atoms. The summed E-state index contributed by atoms with van der Waals surface area (Å²) in [6.45, 7) is 0. The highest BCUT2D eigenvalue weighted by Gasteiger charge is 2.40. The van der Waals surface area contributed by atoms with Crippen LogP contribution in [0.2, 0.25) is 5.02 Å². The predicted molar refractivity (Wildman–Crippen MR) is 95.0 cm³/mol. The van der Waals surface area contributed by atoms with Crippen molar-refractivity contribution in [3.63, 3.8) is 0 Å². The number of rotatable bonds is 3. The van der Waals surface area contributed by atoms with Crippen molar-refractivity contribution in [3.8, 4) is 0 Å². The van der Waals surface area contributed by atoms with E-state index in [1.807, 2.05) is 0 Å². The lowest BCUT2D eigenvalue weighted by Gasteiger charge is -2.43. The lowest BCUT2D eigenvalue weighted by atomic mass is 9.65. The zero-order chi connectivity index (χ0) is 17.3. The number of amides is 2. The van der Waals surface area contributed by atoms with E-state index < -0.39 is 0 Å². The van der Waals surface area contributed by atoms with Crippen LogP contribution in [-0.2, 0) is 4.79 Å². The molecular weight excluding hydrogens is 326 g/mol. The van der Waals surface area contributed by atoms with E-state index in [0.717, 1.165) is 25.7 Å². The number of carbonyl (C=O) groups excluding carboxylic acids is 2. The molecule has 0 saturated heterocycles. The summed E-state index contributed by atoms with van der Waals surface area (Å²) in [4.78, 5) is 24.7. The second kappa shape index (κ2) is 7.11. The van der Waals surface area contributed by atoms with Crippen molar-refractivity contribution < 1.29 is 9.59 Å². The summed E-state index contributed by atoms with van der Waals surface area (Å²) in [5.74, 6) is 0.559. The molecule has 2 saturated carbocycles. The number of benzene rings is 1. The van der Waals surface area contributed by atoms with Gasteiger partial charge in [0.15, 0.2) is 0 Å². The third-order valence-corrected chi connectivity index (χ3v) is 5.73. The van der Waals surface area contributed by atoms with Gasteiger partial charge >= 0.3 is 0 Å². The quantitative estimate of drug-likeness (QED) is 0.784. The molecule has 0 spiro atoms. The smallest absolute Gasteiger partial charge is 0.253 e. The van der Waals surface area contributed by atoms with Crippen molar-refractivity contribution in [2.75, 3.05) is 12.4 Å². The Kier molecular flexibility index (Phi) is 5.11. The molecule has 2 fully saturated rings. The van der Waals surface area contributed by atoms with Crippen LogP contribution < -0.4 is 16.4 Å². The van der Waals surface area contributed by atoms with Crippen molar-refractivity contribution in [3.05, 3.63) is 28.8 Å². The summed E-state index contributed by atoms with van der Waals surface area (Å²) in [6, 6.07) is 5.16. The summed E-state index contributed by atoms with van der Waals surface area (Å²) in [5.41, 5.74) is 7.18. The minimum atomic E-state index is -0.268. The molecule has 0 aliphatic heterocycles. The van der Waals surface area contributed by atoms with Crippen molar-refractivity contribution in [1.29, 1.82) is 0 Å². The third-order valence-electron chi connectivity index (χ3n) is 5.49. The molecule has 130 valence electrons. The Morgan fingerprint density at radius 3 is 2.50 bits per heavy atom. The number of fused-ring (bicyclic) bond motifs is 2. The minimum Gasteiger partial charge on any atom is -0.355 e. The first kappa shape index (κ1) is 17.2. The number of hydrogen-bond donors (Lipinski definition) is 3. The van der Waals surface area contributed by atoms with Gasteiger partial charge in [-0.05, 0) is 55.7 Å². The van der Waals surface area contributed by atoms with Crippen molar-refractivity contribution in [2.24, 2.45) is 23.5 Å². The van der Waals surface area contributed by atoms with Gasteiger partial charge in [0.05, 0.1) is 11.3 Å². The maximum atomic E-state index is 12.7. The number of nitrogens with one attached hydrogen (secondary N) is 2. The van der Waals surface area contributed by atoms with E-state index in [-0.39, 0.29) is 23.8 Å². The molecule has 1 aromatic rings. The van der Waals surface area contributed by atoms with E-state index in [4.69, 9.17) is 17.3 Å². The standard InChI is InChI=1S/C18H24ClN3O2/c1-21-18(24)14-9-13(19)5-6-15(14)22-17(23)12-7-10-3-2-4-11(8-12)16(10)20/h5-6,9-12,16H,2-4,7-8,20H2,1H3,(H,21,24)(H,22,23). The maximum Gasteiger partial charge on any atom is 0.253 e. The number of hydrogen-bond acceptors (Lipinski definition) is 3. The fourth-order valence-corrected chi connectivity index (χ4v) is 4.36. The normalized spacial score (nSPS) is 29.0. The van der Waals surface area contributed by atoms with Gasteiger partial charge in [0.25, 0.3) is 5.91 Å². The van der Waals surface area contributed by atoms with Gasteiger partial charge in [-0.25, -0.2) is 0 Å². The van der Waals surface area contributed by atoms with Crippen LogP contribution in [0.4, 0.5) is 5.69 Å².